The van der Waals surface area contributed by atoms with E-state index in [9.17, 15) is 9.59 Å². The molecule has 0 saturated heterocycles. The number of ether oxygens (including phenoxy) is 1. The molecule has 4 nitrogen and oxygen atoms in total. The average molecular weight is 344 g/mol. The van der Waals surface area contributed by atoms with Gasteiger partial charge < -0.3 is 9.84 Å². The Balaban J connectivity index is 1.66. The van der Waals surface area contributed by atoms with Gasteiger partial charge in [0, 0.05) is 0 Å². The van der Waals surface area contributed by atoms with Gasteiger partial charge >= 0.3 is 11.9 Å². The van der Waals surface area contributed by atoms with Gasteiger partial charge in [-0.25, -0.2) is 0 Å². The third-order valence-corrected chi connectivity index (χ3v) is 5.79. The molecule has 0 aromatic rings. The summed E-state index contributed by atoms with van der Waals surface area (Å²) < 4.78 is 6.06. The monoisotopic (exact) mass is 344 g/mol. The Morgan fingerprint density at radius 2 is 1.40 bits per heavy atom. The number of carboxylic acids is 1. The highest BCUT2D eigenvalue weighted by Gasteiger charge is 2.35. The number of hydrogen-bond donors (Lipinski definition) is 1. The van der Waals surface area contributed by atoms with E-state index in [0.717, 1.165) is 38.5 Å². The largest absolute Gasteiger partial charge is 0.481 e. The summed E-state index contributed by atoms with van der Waals surface area (Å²) in [6.07, 6.45) is 19.6. The van der Waals surface area contributed by atoms with Crippen LogP contribution in [0.4, 0.5) is 0 Å². The molecule has 0 radical (unpaired) electrons. The highest BCUT2D eigenvalue weighted by Crippen LogP contribution is 2.35. The van der Waals surface area contributed by atoms with Crippen LogP contribution in [0, 0.1) is 23.7 Å². The number of aliphatic carboxylic acids is 1. The summed E-state index contributed by atoms with van der Waals surface area (Å²) in [4.78, 5) is 23.8. The van der Waals surface area contributed by atoms with E-state index in [1.807, 2.05) is 0 Å². The van der Waals surface area contributed by atoms with Gasteiger partial charge in [-0.15, -0.1) is 0 Å². The van der Waals surface area contributed by atoms with Crippen molar-refractivity contribution in [1.29, 1.82) is 0 Å². The summed E-state index contributed by atoms with van der Waals surface area (Å²) in [6.45, 7) is 0. The molecule has 1 N–H and O–H groups in total. The second-order valence-corrected chi connectivity index (χ2v) is 7.50. The lowest BCUT2D eigenvalue weighted by atomic mass is 9.78. The molecule has 0 spiro atoms. The van der Waals surface area contributed by atoms with Gasteiger partial charge in [-0.05, 0) is 63.2 Å². The molecule has 4 atom stereocenters. The number of hydrogen-bond acceptors (Lipinski definition) is 3. The molecule has 3 aliphatic rings. The van der Waals surface area contributed by atoms with Crippen LogP contribution in [-0.4, -0.2) is 23.1 Å². The minimum atomic E-state index is -0.816. The van der Waals surface area contributed by atoms with Crippen molar-refractivity contribution in [2.75, 3.05) is 0 Å². The van der Waals surface area contributed by atoms with Gasteiger partial charge in [-0.2, -0.15) is 0 Å². The molecule has 0 saturated carbocycles. The van der Waals surface area contributed by atoms with Gasteiger partial charge in [0.1, 0.15) is 6.10 Å². The number of allylic oxidation sites excluding steroid dienone is 4. The lowest BCUT2D eigenvalue weighted by Gasteiger charge is -2.35. The first-order chi connectivity index (χ1) is 12.1. The highest BCUT2D eigenvalue weighted by atomic mass is 16.5. The van der Waals surface area contributed by atoms with Crippen molar-refractivity contribution in [3.05, 3.63) is 36.5 Å². The average Bonchev–Trinajstić information content (AvgIpc) is 2.67. The second-order valence-electron chi connectivity index (χ2n) is 7.50. The fourth-order valence-electron chi connectivity index (χ4n) is 4.25. The Hall–Kier alpha value is -1.84. The second kappa shape index (κ2) is 8.50. The molecule has 0 aromatic carbocycles. The van der Waals surface area contributed by atoms with E-state index in [2.05, 4.69) is 24.3 Å². The molecular formula is C21H28O4. The number of carbonyl (C=O) groups is 2. The van der Waals surface area contributed by atoms with Crippen LogP contribution < -0.4 is 0 Å². The van der Waals surface area contributed by atoms with Crippen molar-refractivity contribution < 1.29 is 19.4 Å². The van der Waals surface area contributed by atoms with Crippen LogP contribution in [0.25, 0.3) is 0 Å². The molecule has 3 rings (SSSR count). The van der Waals surface area contributed by atoms with E-state index in [4.69, 9.17) is 9.84 Å². The van der Waals surface area contributed by atoms with E-state index in [1.165, 1.54) is 0 Å². The number of rotatable bonds is 5. The van der Waals surface area contributed by atoms with Crippen molar-refractivity contribution in [3.8, 4) is 0 Å². The first-order valence-corrected chi connectivity index (χ1v) is 9.56. The molecule has 0 aliphatic heterocycles. The molecule has 3 aliphatic carbocycles. The summed E-state index contributed by atoms with van der Waals surface area (Å²) in [5.74, 6) is -0.934. The minimum Gasteiger partial charge on any atom is -0.481 e. The molecular weight excluding hydrogens is 316 g/mol. The first kappa shape index (κ1) is 18.0. The van der Waals surface area contributed by atoms with Crippen LogP contribution in [0.1, 0.15) is 51.4 Å². The summed E-state index contributed by atoms with van der Waals surface area (Å²) in [6, 6.07) is 0. The van der Waals surface area contributed by atoms with Gasteiger partial charge in [0.15, 0.2) is 0 Å². The van der Waals surface area contributed by atoms with Crippen LogP contribution in [0.3, 0.4) is 0 Å². The van der Waals surface area contributed by atoms with Crippen molar-refractivity contribution in [3.63, 3.8) is 0 Å². The fraction of sp³-hybridized carbons (Fsp3) is 0.619. The molecule has 0 fully saturated rings. The van der Waals surface area contributed by atoms with Crippen molar-refractivity contribution in [2.24, 2.45) is 23.7 Å². The Labute approximate surface area is 149 Å². The van der Waals surface area contributed by atoms with Crippen LogP contribution in [0.2, 0.25) is 0 Å². The Bertz CT molecular complexity index is 550. The molecule has 4 unspecified atom stereocenters. The number of carboxylic acid groups (broad SMARTS) is 1. The van der Waals surface area contributed by atoms with E-state index >= 15 is 0 Å². The molecule has 0 heterocycles. The zero-order valence-corrected chi connectivity index (χ0v) is 14.7. The van der Waals surface area contributed by atoms with Crippen LogP contribution in [-0.2, 0) is 14.3 Å². The maximum absolute atomic E-state index is 12.7. The summed E-state index contributed by atoms with van der Waals surface area (Å²) in [5, 5.41) is 9.07. The van der Waals surface area contributed by atoms with Crippen LogP contribution in [0.5, 0.6) is 0 Å². The normalized spacial score (nSPS) is 33.0. The Morgan fingerprint density at radius 3 is 1.84 bits per heavy atom. The van der Waals surface area contributed by atoms with Crippen molar-refractivity contribution in [2.45, 2.75) is 57.5 Å². The Kier molecular flexibility index (Phi) is 6.11. The van der Waals surface area contributed by atoms with Crippen LogP contribution >= 0.6 is 0 Å². The van der Waals surface area contributed by atoms with Crippen molar-refractivity contribution >= 4 is 11.9 Å². The van der Waals surface area contributed by atoms with Gasteiger partial charge in [0.25, 0.3) is 0 Å². The highest BCUT2D eigenvalue weighted by molar-refractivity contribution is 5.77. The van der Waals surface area contributed by atoms with Gasteiger partial charge in [-0.3, -0.25) is 9.59 Å². The van der Waals surface area contributed by atoms with E-state index < -0.39 is 11.9 Å². The molecule has 0 bridgehead atoms. The van der Waals surface area contributed by atoms with Gasteiger partial charge in [0.2, 0.25) is 0 Å². The smallest absolute Gasteiger partial charge is 0.313 e. The van der Waals surface area contributed by atoms with Crippen molar-refractivity contribution in [1.82, 2.24) is 0 Å². The van der Waals surface area contributed by atoms with Crippen LogP contribution in [0.15, 0.2) is 36.5 Å². The lowest BCUT2D eigenvalue weighted by Crippen LogP contribution is -2.37. The minimum absolute atomic E-state index is 0.0204. The summed E-state index contributed by atoms with van der Waals surface area (Å²) >= 11 is 0. The predicted octanol–water partition coefficient (Wildman–Crippen LogP) is 4.28. The zero-order chi connectivity index (χ0) is 17.6. The number of carbonyl (C=O) groups excluding carboxylic acids is 1. The van der Waals surface area contributed by atoms with Gasteiger partial charge in [0.05, 0.1) is 11.8 Å². The van der Waals surface area contributed by atoms with E-state index in [1.54, 1.807) is 12.2 Å². The lowest BCUT2D eigenvalue weighted by molar-refractivity contribution is -0.160. The Morgan fingerprint density at radius 1 is 0.840 bits per heavy atom. The SMILES string of the molecule is O=C(O)C1C=CC(C(=O)OC(C2CC=CCC2)C2CC=CCC2)CC1. The maximum Gasteiger partial charge on any atom is 0.313 e. The zero-order valence-electron chi connectivity index (χ0n) is 14.7. The fourth-order valence-corrected chi connectivity index (χ4v) is 4.25. The molecule has 4 heteroatoms. The molecule has 0 amide bonds. The van der Waals surface area contributed by atoms with E-state index in [0.29, 0.717) is 24.7 Å². The van der Waals surface area contributed by atoms with Gasteiger partial charge in [-0.1, -0.05) is 36.5 Å². The molecule has 0 aromatic heterocycles. The molecule has 136 valence electrons. The first-order valence-electron chi connectivity index (χ1n) is 9.56. The summed E-state index contributed by atoms with van der Waals surface area (Å²) in [5.41, 5.74) is 0. The summed E-state index contributed by atoms with van der Waals surface area (Å²) in [7, 11) is 0. The predicted molar refractivity (Wildman–Crippen MR) is 95.8 cm³/mol. The number of esters is 1. The third-order valence-electron chi connectivity index (χ3n) is 5.79. The maximum atomic E-state index is 12.7. The standard InChI is InChI=1S/C21H28O4/c22-20(23)17-11-13-18(14-12-17)21(24)25-19(15-7-3-1-4-8-15)16-9-5-2-6-10-16/h1-3,5,11,13,15-19H,4,6-10,12,14H2,(H,22,23). The van der Waals surface area contributed by atoms with E-state index in [-0.39, 0.29) is 18.0 Å². The quantitative estimate of drug-likeness (QED) is 0.597. The topological polar surface area (TPSA) is 63.6 Å². The molecule has 25 heavy (non-hydrogen) atoms. The third kappa shape index (κ3) is 4.62.